The normalized spacial score (nSPS) is 20.4. The first-order chi connectivity index (χ1) is 14.5. The Kier molecular flexibility index (Phi) is 8.08. The van der Waals surface area contributed by atoms with Gasteiger partial charge in [0, 0.05) is 32.6 Å². The monoisotopic (exact) mass is 557 g/mol. The molecule has 1 rings (SSSR count). The van der Waals surface area contributed by atoms with Gasteiger partial charge in [0.05, 0.1) is 0 Å². The maximum atomic E-state index is 15.5. The molecule has 1 aliphatic rings. The number of hydrogen-bond acceptors (Lipinski definition) is 7. The van der Waals surface area contributed by atoms with Gasteiger partial charge in [0.25, 0.3) is 30.1 Å². The van der Waals surface area contributed by atoms with Gasteiger partial charge in [0.1, 0.15) is 0 Å². The van der Waals surface area contributed by atoms with E-state index in [4.69, 9.17) is 0 Å². The quantitative estimate of drug-likeness (QED) is 0.317. The summed E-state index contributed by atoms with van der Waals surface area (Å²) in [4.78, 5) is 1.49. The lowest BCUT2D eigenvalue weighted by atomic mass is 10.1. The Bertz CT molecular complexity index is 1090. The molecule has 0 saturated carbocycles. The number of nitrogens with one attached hydrogen (secondary N) is 1. The molecule has 0 spiro atoms. The van der Waals surface area contributed by atoms with Crippen LogP contribution in [-0.4, -0.2) is 89.1 Å². The number of nitrogens with zero attached hydrogens (tertiary/aromatic N) is 2. The standard InChI is InChI=1S/C14H22F7N3O6S3/c1-5-11(15,16)31(25,26)22-32(27,28)14(20,21)13(18,19)12(17,10(2)3)33(29,30)24-8-6-23(4)7-9-24/h22H,2,5-9H2,1,3-4H3. The first-order valence-electron chi connectivity index (χ1n) is 8.90. The number of likely N-dealkylation sites (N-methyl/N-ethyl adjacent to an activating group) is 1. The van der Waals surface area contributed by atoms with Gasteiger partial charge in [-0.2, -0.15) is 30.6 Å². The van der Waals surface area contributed by atoms with Crippen molar-refractivity contribution in [1.29, 1.82) is 0 Å². The molecule has 1 saturated heterocycles. The molecule has 1 unspecified atom stereocenters. The van der Waals surface area contributed by atoms with Crippen molar-refractivity contribution in [3.63, 3.8) is 0 Å². The van der Waals surface area contributed by atoms with Crippen molar-refractivity contribution in [2.45, 2.75) is 41.7 Å². The number of halogens is 7. The second-order valence-corrected chi connectivity index (χ2v) is 13.1. The zero-order valence-corrected chi connectivity index (χ0v) is 19.9. The predicted octanol–water partition coefficient (Wildman–Crippen LogP) is 1.29. The van der Waals surface area contributed by atoms with Crippen molar-refractivity contribution < 1.29 is 56.0 Å². The number of rotatable bonds is 10. The summed E-state index contributed by atoms with van der Waals surface area (Å²) in [7, 11) is -18.5. The minimum atomic E-state index is -7.36. The average Bonchev–Trinajstić information content (AvgIpc) is 2.65. The maximum Gasteiger partial charge on any atom is 0.426 e. The van der Waals surface area contributed by atoms with Crippen LogP contribution in [0.5, 0.6) is 0 Å². The van der Waals surface area contributed by atoms with Crippen molar-refractivity contribution in [2.24, 2.45) is 0 Å². The fraction of sp³-hybridized carbons (Fsp3) is 0.857. The van der Waals surface area contributed by atoms with Gasteiger partial charge >= 0.3 is 21.4 Å². The lowest BCUT2D eigenvalue weighted by Gasteiger charge is -2.41. The van der Waals surface area contributed by atoms with Gasteiger partial charge in [-0.25, -0.2) is 29.6 Å². The number of alkyl halides is 7. The molecule has 33 heavy (non-hydrogen) atoms. The Morgan fingerprint density at radius 1 is 0.879 bits per heavy atom. The van der Waals surface area contributed by atoms with E-state index < -0.39 is 76.6 Å². The summed E-state index contributed by atoms with van der Waals surface area (Å²) in [6.45, 7) is 1.88. The van der Waals surface area contributed by atoms with E-state index in [1.807, 2.05) is 0 Å². The molecular weight excluding hydrogens is 535 g/mol. The van der Waals surface area contributed by atoms with Crippen LogP contribution in [-0.2, 0) is 30.1 Å². The van der Waals surface area contributed by atoms with E-state index >= 15 is 4.39 Å². The molecule has 0 aromatic carbocycles. The molecule has 0 radical (unpaired) electrons. The highest BCUT2D eigenvalue weighted by atomic mass is 32.3. The van der Waals surface area contributed by atoms with Gasteiger partial charge in [0.15, 0.2) is 0 Å². The molecule has 0 aromatic heterocycles. The Labute approximate surface area is 186 Å². The van der Waals surface area contributed by atoms with E-state index in [1.165, 1.54) is 11.9 Å². The molecule has 1 heterocycles. The van der Waals surface area contributed by atoms with Crippen LogP contribution in [0.2, 0.25) is 0 Å². The Morgan fingerprint density at radius 2 is 1.30 bits per heavy atom. The van der Waals surface area contributed by atoms with Crippen LogP contribution in [0.25, 0.3) is 0 Å². The smallest absolute Gasteiger partial charge is 0.304 e. The molecule has 0 aromatic rings. The molecule has 0 aliphatic carbocycles. The molecule has 19 heteroatoms. The average molecular weight is 558 g/mol. The highest BCUT2D eigenvalue weighted by molar-refractivity contribution is 8.05. The molecular formula is C14H22F7N3O6S3. The van der Waals surface area contributed by atoms with Gasteiger partial charge in [-0.3, -0.25) is 0 Å². The molecule has 9 nitrogen and oxygen atoms in total. The molecule has 0 amide bonds. The van der Waals surface area contributed by atoms with Crippen LogP contribution in [0.1, 0.15) is 20.3 Å². The van der Waals surface area contributed by atoms with Crippen LogP contribution in [0.3, 0.4) is 0 Å². The zero-order chi connectivity index (χ0) is 26.5. The Balaban J connectivity index is 3.66. The fourth-order valence-corrected chi connectivity index (χ4v) is 7.54. The zero-order valence-electron chi connectivity index (χ0n) is 17.5. The third kappa shape index (κ3) is 4.63. The van der Waals surface area contributed by atoms with Gasteiger partial charge in [0.2, 0.25) is 0 Å². The Morgan fingerprint density at radius 3 is 1.67 bits per heavy atom. The maximum absolute atomic E-state index is 15.5. The second kappa shape index (κ2) is 8.89. The highest BCUT2D eigenvalue weighted by Gasteiger charge is 2.82. The SMILES string of the molecule is C=C(C)C(F)(C(F)(F)C(F)(F)S(=O)(=O)NS(=O)(=O)C(F)(F)CC)S(=O)(=O)N1CCN(C)CC1. The summed E-state index contributed by atoms with van der Waals surface area (Å²) in [6, 6.07) is 0. The number of hydrogen-bond donors (Lipinski definition) is 1. The number of sulfonamides is 3. The lowest BCUT2D eigenvalue weighted by molar-refractivity contribution is -0.199. The Hall–Kier alpha value is -1.02. The van der Waals surface area contributed by atoms with Crippen LogP contribution in [0.4, 0.5) is 30.7 Å². The molecule has 1 N–H and O–H groups in total. The van der Waals surface area contributed by atoms with E-state index in [1.54, 1.807) is 0 Å². The highest BCUT2D eigenvalue weighted by Crippen LogP contribution is 2.53. The molecule has 0 bridgehead atoms. The van der Waals surface area contributed by atoms with E-state index in [2.05, 4.69) is 6.58 Å². The van der Waals surface area contributed by atoms with E-state index in [9.17, 15) is 51.6 Å². The van der Waals surface area contributed by atoms with Gasteiger partial charge < -0.3 is 4.90 Å². The van der Waals surface area contributed by atoms with Crippen molar-refractivity contribution in [3.05, 3.63) is 12.2 Å². The molecule has 1 fully saturated rings. The summed E-state index contributed by atoms with van der Waals surface area (Å²) >= 11 is 0. The summed E-state index contributed by atoms with van der Waals surface area (Å²) in [5.74, 6) is -6.73. The van der Waals surface area contributed by atoms with Crippen molar-refractivity contribution in [1.82, 2.24) is 13.3 Å². The summed E-state index contributed by atoms with van der Waals surface area (Å²) < 4.78 is 173. The summed E-state index contributed by atoms with van der Waals surface area (Å²) in [5.41, 5.74) is -1.76. The van der Waals surface area contributed by atoms with Crippen molar-refractivity contribution in [3.8, 4) is 0 Å². The lowest BCUT2D eigenvalue weighted by Crippen LogP contribution is -2.68. The fourth-order valence-electron chi connectivity index (χ4n) is 2.66. The third-order valence-corrected chi connectivity index (χ3v) is 11.0. The topological polar surface area (TPSA) is 121 Å². The largest absolute Gasteiger partial charge is 0.426 e. The van der Waals surface area contributed by atoms with Crippen LogP contribution >= 0.6 is 0 Å². The van der Waals surface area contributed by atoms with Crippen LogP contribution in [0, 0.1) is 0 Å². The minimum Gasteiger partial charge on any atom is -0.304 e. The summed E-state index contributed by atoms with van der Waals surface area (Å²) in [6.07, 6.45) is -1.64. The van der Waals surface area contributed by atoms with Gasteiger partial charge in [-0.15, -0.1) is 0 Å². The minimum absolute atomic E-state index is 0.0771. The summed E-state index contributed by atoms with van der Waals surface area (Å²) in [5, 5.41) is -17.3. The number of piperazine rings is 1. The van der Waals surface area contributed by atoms with Crippen LogP contribution in [0.15, 0.2) is 12.2 Å². The van der Waals surface area contributed by atoms with Gasteiger partial charge in [-0.05, 0) is 19.5 Å². The third-order valence-electron chi connectivity index (χ3n) is 4.84. The van der Waals surface area contributed by atoms with E-state index in [0.717, 1.165) is 0 Å². The van der Waals surface area contributed by atoms with E-state index in [0.29, 0.717) is 6.92 Å². The molecule has 1 atom stereocenters. The van der Waals surface area contributed by atoms with E-state index in [-0.39, 0.29) is 28.4 Å². The van der Waals surface area contributed by atoms with Gasteiger partial charge in [-0.1, -0.05) is 17.6 Å². The van der Waals surface area contributed by atoms with Crippen LogP contribution < -0.4 is 4.13 Å². The van der Waals surface area contributed by atoms with Crippen molar-refractivity contribution in [2.75, 3.05) is 33.2 Å². The first kappa shape index (κ1) is 30.0. The predicted molar refractivity (Wildman–Crippen MR) is 103 cm³/mol. The first-order valence-corrected chi connectivity index (χ1v) is 13.3. The molecule has 1 aliphatic heterocycles. The second-order valence-electron chi connectivity index (χ2n) is 7.26. The van der Waals surface area contributed by atoms with Crippen molar-refractivity contribution >= 4 is 30.1 Å². The molecule has 196 valence electrons.